The van der Waals surface area contributed by atoms with E-state index >= 15 is 0 Å². The molecule has 0 bridgehead atoms. The van der Waals surface area contributed by atoms with Gasteiger partial charge in [0.2, 0.25) is 5.91 Å². The van der Waals surface area contributed by atoms with Crippen LogP contribution in [0.25, 0.3) is 0 Å². The average Bonchev–Trinajstić information content (AvgIpc) is 2.85. The lowest BCUT2D eigenvalue weighted by molar-refractivity contribution is -0.123. The van der Waals surface area contributed by atoms with Crippen molar-refractivity contribution >= 4 is 44.9 Å². The van der Waals surface area contributed by atoms with E-state index in [4.69, 9.17) is 12.2 Å². The molecule has 0 aromatic heterocycles. The molecule has 0 radical (unpaired) electrons. The summed E-state index contributed by atoms with van der Waals surface area (Å²) in [4.78, 5) is 11.9. The Kier molecular flexibility index (Phi) is 4.72. The standard InChI is InChI=1S/C13H15BrN2OS/c14-10-5-7-11(8-6-10)15-13(18)16-12(17)9-3-1-2-4-9/h5-9H,1-4H2,(H2,15,16,17,18). The highest BCUT2D eigenvalue weighted by molar-refractivity contribution is 9.10. The molecule has 0 saturated heterocycles. The molecular weight excluding hydrogens is 312 g/mol. The van der Waals surface area contributed by atoms with Crippen LogP contribution in [-0.2, 0) is 4.79 Å². The van der Waals surface area contributed by atoms with Gasteiger partial charge in [-0.25, -0.2) is 0 Å². The molecule has 5 heteroatoms. The van der Waals surface area contributed by atoms with Gasteiger partial charge >= 0.3 is 0 Å². The van der Waals surface area contributed by atoms with Crippen molar-refractivity contribution in [1.29, 1.82) is 0 Å². The summed E-state index contributed by atoms with van der Waals surface area (Å²) >= 11 is 8.49. The van der Waals surface area contributed by atoms with Crippen LogP contribution in [-0.4, -0.2) is 11.0 Å². The summed E-state index contributed by atoms with van der Waals surface area (Å²) in [6.07, 6.45) is 4.25. The van der Waals surface area contributed by atoms with Gasteiger partial charge < -0.3 is 10.6 Å². The third kappa shape index (κ3) is 3.78. The van der Waals surface area contributed by atoms with E-state index in [9.17, 15) is 4.79 Å². The molecule has 96 valence electrons. The summed E-state index contributed by atoms with van der Waals surface area (Å²) in [5, 5.41) is 6.13. The smallest absolute Gasteiger partial charge is 0.229 e. The van der Waals surface area contributed by atoms with Crippen LogP contribution < -0.4 is 10.6 Å². The first kappa shape index (κ1) is 13.5. The van der Waals surface area contributed by atoms with Gasteiger partial charge in [0.15, 0.2) is 5.11 Å². The molecular formula is C13H15BrN2OS. The van der Waals surface area contributed by atoms with E-state index in [1.54, 1.807) is 0 Å². The zero-order chi connectivity index (χ0) is 13.0. The Morgan fingerprint density at radius 1 is 1.22 bits per heavy atom. The number of hydrogen-bond donors (Lipinski definition) is 2. The minimum Gasteiger partial charge on any atom is -0.332 e. The van der Waals surface area contributed by atoms with E-state index in [1.807, 2.05) is 24.3 Å². The number of hydrogen-bond acceptors (Lipinski definition) is 2. The molecule has 1 amide bonds. The number of thiocarbonyl (C=S) groups is 1. The van der Waals surface area contributed by atoms with E-state index < -0.39 is 0 Å². The molecule has 18 heavy (non-hydrogen) atoms. The first-order valence-electron chi connectivity index (χ1n) is 6.02. The first-order valence-corrected chi connectivity index (χ1v) is 7.23. The van der Waals surface area contributed by atoms with E-state index in [1.165, 1.54) is 0 Å². The van der Waals surface area contributed by atoms with Gasteiger partial charge in [-0.05, 0) is 49.3 Å². The highest BCUT2D eigenvalue weighted by Crippen LogP contribution is 2.24. The topological polar surface area (TPSA) is 41.1 Å². The zero-order valence-corrected chi connectivity index (χ0v) is 12.3. The number of amides is 1. The van der Waals surface area contributed by atoms with Crippen molar-refractivity contribution < 1.29 is 4.79 Å². The molecule has 0 atom stereocenters. The van der Waals surface area contributed by atoms with Crippen molar-refractivity contribution in [2.45, 2.75) is 25.7 Å². The summed E-state index contributed by atoms with van der Waals surface area (Å²) in [7, 11) is 0. The van der Waals surface area contributed by atoms with E-state index in [0.29, 0.717) is 5.11 Å². The molecule has 1 fully saturated rings. The van der Waals surface area contributed by atoms with Crippen molar-refractivity contribution in [3.63, 3.8) is 0 Å². The second-order valence-electron chi connectivity index (χ2n) is 4.43. The molecule has 0 aliphatic heterocycles. The average molecular weight is 327 g/mol. The number of halogens is 1. The van der Waals surface area contributed by atoms with Gasteiger partial charge in [0, 0.05) is 16.1 Å². The maximum atomic E-state index is 11.9. The fourth-order valence-electron chi connectivity index (χ4n) is 2.10. The molecule has 0 heterocycles. The minimum absolute atomic E-state index is 0.0436. The van der Waals surface area contributed by atoms with Crippen LogP contribution in [0, 0.1) is 5.92 Å². The van der Waals surface area contributed by atoms with Crippen LogP contribution in [0.2, 0.25) is 0 Å². The van der Waals surface area contributed by atoms with Crippen molar-refractivity contribution in [2.75, 3.05) is 5.32 Å². The predicted molar refractivity (Wildman–Crippen MR) is 80.5 cm³/mol. The van der Waals surface area contributed by atoms with Crippen LogP contribution in [0.1, 0.15) is 25.7 Å². The number of benzene rings is 1. The first-order chi connectivity index (χ1) is 8.65. The highest BCUT2D eigenvalue weighted by Gasteiger charge is 2.23. The summed E-state index contributed by atoms with van der Waals surface area (Å²) in [6, 6.07) is 7.64. The van der Waals surface area contributed by atoms with Gasteiger partial charge in [-0.2, -0.15) is 0 Å². The SMILES string of the molecule is O=C(NC(=S)Nc1ccc(Br)cc1)C1CCCC1. The number of carbonyl (C=O) groups is 1. The van der Waals surface area contributed by atoms with Gasteiger partial charge in [-0.1, -0.05) is 28.8 Å². The zero-order valence-electron chi connectivity index (χ0n) is 9.91. The quantitative estimate of drug-likeness (QED) is 0.818. The summed E-state index contributed by atoms with van der Waals surface area (Å²) < 4.78 is 1.01. The maximum absolute atomic E-state index is 11.9. The van der Waals surface area contributed by atoms with Crippen molar-refractivity contribution in [3.05, 3.63) is 28.7 Å². The molecule has 2 rings (SSSR count). The van der Waals surface area contributed by atoms with Gasteiger partial charge in [-0.3, -0.25) is 4.79 Å². The molecule has 0 unspecified atom stereocenters. The van der Waals surface area contributed by atoms with Gasteiger partial charge in [0.1, 0.15) is 0 Å². The minimum atomic E-state index is 0.0436. The second kappa shape index (κ2) is 6.29. The number of anilines is 1. The van der Waals surface area contributed by atoms with E-state index in [-0.39, 0.29) is 11.8 Å². The van der Waals surface area contributed by atoms with E-state index in [0.717, 1.165) is 35.8 Å². The van der Waals surface area contributed by atoms with Crippen LogP contribution in [0.15, 0.2) is 28.7 Å². The summed E-state index contributed by atoms with van der Waals surface area (Å²) in [6.45, 7) is 0. The van der Waals surface area contributed by atoms with Crippen LogP contribution in [0.4, 0.5) is 5.69 Å². The Morgan fingerprint density at radius 2 is 1.83 bits per heavy atom. The predicted octanol–water partition coefficient (Wildman–Crippen LogP) is 3.45. The fraction of sp³-hybridized carbons (Fsp3) is 0.385. The molecule has 0 spiro atoms. The third-order valence-corrected chi connectivity index (χ3v) is 3.80. The second-order valence-corrected chi connectivity index (χ2v) is 5.76. The lowest BCUT2D eigenvalue weighted by Gasteiger charge is -2.12. The summed E-state index contributed by atoms with van der Waals surface area (Å²) in [5.74, 6) is 0.178. The Balaban J connectivity index is 1.84. The Bertz CT molecular complexity index is 441. The van der Waals surface area contributed by atoms with Gasteiger partial charge in [0.05, 0.1) is 0 Å². The van der Waals surface area contributed by atoms with Crippen LogP contribution in [0.5, 0.6) is 0 Å². The fourth-order valence-corrected chi connectivity index (χ4v) is 2.58. The Hall–Kier alpha value is -0.940. The third-order valence-electron chi connectivity index (χ3n) is 3.06. The Morgan fingerprint density at radius 3 is 2.44 bits per heavy atom. The summed E-state index contributed by atoms with van der Waals surface area (Å²) in [5.41, 5.74) is 0.870. The number of carbonyl (C=O) groups excluding carboxylic acids is 1. The lowest BCUT2D eigenvalue weighted by atomic mass is 10.1. The normalized spacial score (nSPS) is 15.4. The molecule has 1 aliphatic rings. The number of rotatable bonds is 2. The molecule has 1 aromatic carbocycles. The van der Waals surface area contributed by atoms with Gasteiger partial charge in [0.25, 0.3) is 0 Å². The van der Waals surface area contributed by atoms with Crippen molar-refractivity contribution in [3.8, 4) is 0 Å². The maximum Gasteiger partial charge on any atom is 0.229 e. The van der Waals surface area contributed by atoms with Crippen molar-refractivity contribution in [2.24, 2.45) is 5.92 Å². The lowest BCUT2D eigenvalue weighted by Crippen LogP contribution is -2.37. The molecule has 1 saturated carbocycles. The number of nitrogens with one attached hydrogen (secondary N) is 2. The monoisotopic (exact) mass is 326 g/mol. The Labute approximate surface area is 120 Å². The van der Waals surface area contributed by atoms with Gasteiger partial charge in [-0.15, -0.1) is 0 Å². The van der Waals surface area contributed by atoms with Crippen LogP contribution >= 0.6 is 28.1 Å². The molecule has 2 N–H and O–H groups in total. The largest absolute Gasteiger partial charge is 0.332 e. The van der Waals surface area contributed by atoms with Crippen LogP contribution in [0.3, 0.4) is 0 Å². The molecule has 1 aromatic rings. The van der Waals surface area contributed by atoms with E-state index in [2.05, 4.69) is 26.6 Å². The molecule has 3 nitrogen and oxygen atoms in total. The van der Waals surface area contributed by atoms with Crippen molar-refractivity contribution in [1.82, 2.24) is 5.32 Å². The molecule has 1 aliphatic carbocycles. The highest BCUT2D eigenvalue weighted by atomic mass is 79.9.